The van der Waals surface area contributed by atoms with Crippen LogP contribution in [0.3, 0.4) is 0 Å². The van der Waals surface area contributed by atoms with Gasteiger partial charge in [-0.2, -0.15) is 0 Å². The van der Waals surface area contributed by atoms with Gasteiger partial charge in [-0.15, -0.1) is 0 Å². The van der Waals surface area contributed by atoms with E-state index in [1.165, 1.54) is 12.8 Å². The number of piperidine rings is 1. The summed E-state index contributed by atoms with van der Waals surface area (Å²) in [6, 6.07) is 5.80. The van der Waals surface area contributed by atoms with Crippen molar-refractivity contribution in [3.8, 4) is 0 Å². The fraction of sp³-hybridized carbons (Fsp3) is 0.600. The maximum atomic E-state index is 10.6. The molecule has 1 aliphatic rings. The van der Waals surface area contributed by atoms with E-state index in [9.17, 15) is 5.11 Å². The van der Waals surface area contributed by atoms with Gasteiger partial charge < -0.3 is 10.4 Å². The Labute approximate surface area is 125 Å². The van der Waals surface area contributed by atoms with Crippen molar-refractivity contribution in [2.45, 2.75) is 50.7 Å². The Morgan fingerprint density at radius 3 is 2.84 bits per heavy atom. The first-order chi connectivity index (χ1) is 8.96. The maximum Gasteiger partial charge on any atom is 0.0675 e. The van der Waals surface area contributed by atoms with Crippen LogP contribution in [0.5, 0.6) is 0 Å². The van der Waals surface area contributed by atoms with Crippen molar-refractivity contribution >= 4 is 23.2 Å². The maximum absolute atomic E-state index is 10.6. The van der Waals surface area contributed by atoms with Crippen molar-refractivity contribution in [1.82, 2.24) is 5.32 Å². The normalized spacial score (nSPS) is 23.1. The molecular weight excluding hydrogens is 281 g/mol. The van der Waals surface area contributed by atoms with Crippen molar-refractivity contribution in [3.63, 3.8) is 0 Å². The average molecular weight is 302 g/mol. The fourth-order valence-electron chi connectivity index (χ4n) is 2.79. The van der Waals surface area contributed by atoms with Crippen LogP contribution in [-0.4, -0.2) is 23.3 Å². The third kappa shape index (κ3) is 4.64. The van der Waals surface area contributed by atoms with Crippen LogP contribution in [0.25, 0.3) is 0 Å². The molecule has 1 aromatic rings. The van der Waals surface area contributed by atoms with Crippen LogP contribution in [0.4, 0.5) is 0 Å². The zero-order valence-electron chi connectivity index (χ0n) is 11.3. The highest BCUT2D eigenvalue weighted by molar-refractivity contribution is 6.33. The molecule has 1 aromatic carbocycles. The summed E-state index contributed by atoms with van der Waals surface area (Å²) >= 11 is 12.1. The minimum absolute atomic E-state index is 0.404. The van der Waals surface area contributed by atoms with E-state index in [4.69, 9.17) is 23.2 Å². The Bertz CT molecular complexity index is 428. The molecule has 0 bridgehead atoms. The number of benzene rings is 1. The minimum atomic E-state index is -0.761. The van der Waals surface area contributed by atoms with Crippen LogP contribution >= 0.6 is 23.2 Å². The van der Waals surface area contributed by atoms with Crippen LogP contribution in [-0.2, 0) is 6.42 Å². The van der Waals surface area contributed by atoms with Gasteiger partial charge in [0, 0.05) is 22.5 Å². The summed E-state index contributed by atoms with van der Waals surface area (Å²) in [5.74, 6) is 0. The highest BCUT2D eigenvalue weighted by atomic mass is 35.5. The predicted octanol–water partition coefficient (Wildman–Crippen LogP) is 3.82. The number of hydrogen-bond donors (Lipinski definition) is 2. The summed E-state index contributed by atoms with van der Waals surface area (Å²) in [6.45, 7) is 2.93. The number of nitrogens with one attached hydrogen (secondary N) is 1. The molecule has 2 nitrogen and oxygen atoms in total. The highest BCUT2D eigenvalue weighted by Gasteiger charge is 2.27. The van der Waals surface area contributed by atoms with E-state index in [-0.39, 0.29) is 0 Å². The summed E-state index contributed by atoms with van der Waals surface area (Å²) in [5.41, 5.74) is 0.151. The molecule has 19 heavy (non-hydrogen) atoms. The van der Waals surface area contributed by atoms with Crippen molar-refractivity contribution in [2.24, 2.45) is 0 Å². The van der Waals surface area contributed by atoms with Gasteiger partial charge in [0.25, 0.3) is 0 Å². The number of aliphatic hydroxyl groups is 1. The molecule has 0 aliphatic carbocycles. The van der Waals surface area contributed by atoms with E-state index in [0.29, 0.717) is 22.5 Å². The lowest BCUT2D eigenvalue weighted by atomic mass is 9.87. The zero-order chi connectivity index (χ0) is 13.9. The third-order valence-electron chi connectivity index (χ3n) is 3.68. The highest BCUT2D eigenvalue weighted by Crippen LogP contribution is 2.28. The van der Waals surface area contributed by atoms with E-state index >= 15 is 0 Å². The Morgan fingerprint density at radius 1 is 1.37 bits per heavy atom. The predicted molar refractivity (Wildman–Crippen MR) is 81.0 cm³/mol. The average Bonchev–Trinajstić information content (AvgIpc) is 2.34. The quantitative estimate of drug-likeness (QED) is 0.886. The Kier molecular flexibility index (Phi) is 5.13. The largest absolute Gasteiger partial charge is 0.390 e. The molecule has 1 heterocycles. The third-order valence-corrected chi connectivity index (χ3v) is 4.28. The van der Waals surface area contributed by atoms with Gasteiger partial charge in [-0.1, -0.05) is 29.6 Å². The molecule has 0 spiro atoms. The Hall–Kier alpha value is -0.280. The molecule has 1 aliphatic heterocycles. The monoisotopic (exact) mass is 301 g/mol. The lowest BCUT2D eigenvalue weighted by molar-refractivity contribution is 0.0371. The first-order valence-electron chi connectivity index (χ1n) is 6.86. The second kappa shape index (κ2) is 6.45. The lowest BCUT2D eigenvalue weighted by Gasteiger charge is -2.32. The molecule has 106 valence electrons. The summed E-state index contributed by atoms with van der Waals surface area (Å²) in [7, 11) is 0. The van der Waals surface area contributed by atoms with Crippen LogP contribution in [0.15, 0.2) is 18.2 Å². The Morgan fingerprint density at radius 2 is 2.16 bits per heavy atom. The van der Waals surface area contributed by atoms with Gasteiger partial charge >= 0.3 is 0 Å². The van der Waals surface area contributed by atoms with Crippen molar-refractivity contribution in [1.29, 1.82) is 0 Å². The summed E-state index contributed by atoms with van der Waals surface area (Å²) in [6.07, 6.45) is 4.89. The summed E-state index contributed by atoms with van der Waals surface area (Å²) in [5, 5.41) is 15.4. The number of halogens is 2. The lowest BCUT2D eigenvalue weighted by Crippen LogP contribution is -2.41. The van der Waals surface area contributed by atoms with Gasteiger partial charge in [-0.25, -0.2) is 0 Å². The molecule has 2 rings (SSSR count). The first kappa shape index (κ1) is 15.1. The molecule has 1 saturated heterocycles. The van der Waals surface area contributed by atoms with E-state index in [2.05, 4.69) is 5.32 Å². The van der Waals surface area contributed by atoms with Gasteiger partial charge in [0.05, 0.1) is 5.60 Å². The van der Waals surface area contributed by atoms with Crippen LogP contribution in [0.2, 0.25) is 10.0 Å². The molecule has 2 atom stereocenters. The minimum Gasteiger partial charge on any atom is -0.390 e. The van der Waals surface area contributed by atoms with Crippen LogP contribution < -0.4 is 5.32 Å². The smallest absolute Gasteiger partial charge is 0.0675 e. The van der Waals surface area contributed by atoms with Crippen LogP contribution in [0.1, 0.15) is 38.2 Å². The van der Waals surface area contributed by atoms with Gasteiger partial charge in [0.15, 0.2) is 0 Å². The molecule has 1 fully saturated rings. The topological polar surface area (TPSA) is 32.3 Å². The molecule has 0 saturated carbocycles. The SMILES string of the molecule is CC(O)(Cc1cc(Cl)ccc1Cl)CC1CCCCN1. The van der Waals surface area contributed by atoms with E-state index in [1.54, 1.807) is 12.1 Å². The van der Waals surface area contributed by atoms with Gasteiger partial charge in [0.2, 0.25) is 0 Å². The van der Waals surface area contributed by atoms with Gasteiger partial charge in [-0.3, -0.25) is 0 Å². The van der Waals surface area contributed by atoms with E-state index in [1.807, 2.05) is 13.0 Å². The first-order valence-corrected chi connectivity index (χ1v) is 7.61. The second-order valence-electron chi connectivity index (χ2n) is 5.76. The molecule has 4 heteroatoms. The van der Waals surface area contributed by atoms with E-state index in [0.717, 1.165) is 24.9 Å². The molecule has 0 radical (unpaired) electrons. The van der Waals surface area contributed by atoms with E-state index < -0.39 is 5.60 Å². The number of rotatable bonds is 4. The van der Waals surface area contributed by atoms with Crippen molar-refractivity contribution in [2.75, 3.05) is 6.54 Å². The molecule has 0 aromatic heterocycles. The van der Waals surface area contributed by atoms with Gasteiger partial charge in [0.1, 0.15) is 0 Å². The fourth-order valence-corrected chi connectivity index (χ4v) is 3.17. The van der Waals surface area contributed by atoms with Crippen molar-refractivity contribution in [3.05, 3.63) is 33.8 Å². The second-order valence-corrected chi connectivity index (χ2v) is 6.60. The van der Waals surface area contributed by atoms with Crippen molar-refractivity contribution < 1.29 is 5.11 Å². The standard InChI is InChI=1S/C15H21Cl2NO/c1-15(19,10-13-4-2-3-7-18-13)9-11-8-12(16)5-6-14(11)17/h5-6,8,13,18-19H,2-4,7,9-10H2,1H3. The summed E-state index contributed by atoms with van der Waals surface area (Å²) in [4.78, 5) is 0. The van der Waals surface area contributed by atoms with Gasteiger partial charge in [-0.05, 0) is 56.5 Å². The molecule has 0 amide bonds. The zero-order valence-corrected chi connectivity index (χ0v) is 12.8. The van der Waals surface area contributed by atoms with Crippen LogP contribution in [0, 0.1) is 0 Å². The Balaban J connectivity index is 2.00. The molecule has 2 N–H and O–H groups in total. The molecular formula is C15H21Cl2NO. The number of hydrogen-bond acceptors (Lipinski definition) is 2. The molecule has 2 unspecified atom stereocenters. The summed E-state index contributed by atoms with van der Waals surface area (Å²) < 4.78 is 0.